The number of H-pyrrole nitrogens is 1. The molecule has 1 aliphatic heterocycles. The van der Waals surface area contributed by atoms with E-state index >= 15 is 0 Å². The van der Waals surface area contributed by atoms with Crippen LogP contribution in [-0.4, -0.2) is 22.3 Å². The van der Waals surface area contributed by atoms with Gasteiger partial charge in [-0.3, -0.25) is 4.79 Å². The summed E-state index contributed by atoms with van der Waals surface area (Å²) < 4.78 is 0. The van der Waals surface area contributed by atoms with E-state index in [4.69, 9.17) is 23.2 Å². The van der Waals surface area contributed by atoms with E-state index in [-0.39, 0.29) is 5.91 Å². The number of fused-ring (bicyclic) bond motifs is 3. The van der Waals surface area contributed by atoms with E-state index in [1.807, 2.05) is 47.4 Å². The molecule has 0 unspecified atom stereocenters. The predicted octanol–water partition coefficient (Wildman–Crippen LogP) is 4.60. The number of benzene rings is 2. The van der Waals surface area contributed by atoms with Crippen molar-refractivity contribution in [2.75, 3.05) is 6.54 Å². The number of carbonyl (C=O) groups excluding carboxylic acids is 1. The van der Waals surface area contributed by atoms with Crippen LogP contribution < -0.4 is 0 Å². The first kappa shape index (κ1) is 15.6. The van der Waals surface area contributed by atoms with Crippen molar-refractivity contribution >= 4 is 40.0 Å². The van der Waals surface area contributed by atoms with Crippen molar-refractivity contribution in [3.8, 4) is 0 Å². The first-order chi connectivity index (χ1) is 11.6. The average Bonchev–Trinajstić information content (AvgIpc) is 2.94. The fourth-order valence-corrected chi connectivity index (χ4v) is 3.61. The van der Waals surface area contributed by atoms with Crippen molar-refractivity contribution in [1.29, 1.82) is 0 Å². The number of hydrogen-bond acceptors (Lipinski definition) is 1. The Morgan fingerprint density at radius 1 is 1.08 bits per heavy atom. The zero-order valence-corrected chi connectivity index (χ0v) is 14.5. The Morgan fingerprint density at radius 3 is 2.62 bits per heavy atom. The number of nitrogens with zero attached hydrogens (tertiary/aromatic N) is 1. The Bertz CT molecular complexity index is 915. The maximum absolute atomic E-state index is 12.6. The number of halogens is 2. The van der Waals surface area contributed by atoms with E-state index in [1.165, 1.54) is 10.9 Å². The summed E-state index contributed by atoms with van der Waals surface area (Å²) in [5.41, 5.74) is 4.46. The molecule has 5 heteroatoms. The largest absolute Gasteiger partial charge is 0.357 e. The zero-order valence-electron chi connectivity index (χ0n) is 13.0. The molecule has 0 atom stereocenters. The summed E-state index contributed by atoms with van der Waals surface area (Å²) in [4.78, 5) is 17.9. The third kappa shape index (κ3) is 2.90. The number of hydrogen-bond donors (Lipinski definition) is 1. The number of rotatable bonds is 2. The first-order valence-electron chi connectivity index (χ1n) is 7.91. The van der Waals surface area contributed by atoms with Crippen LogP contribution in [0.5, 0.6) is 0 Å². The molecule has 0 fully saturated rings. The molecule has 24 heavy (non-hydrogen) atoms. The van der Waals surface area contributed by atoms with Crippen LogP contribution in [0.3, 0.4) is 0 Å². The van der Waals surface area contributed by atoms with E-state index in [0.29, 0.717) is 18.0 Å². The third-order valence-electron chi connectivity index (χ3n) is 4.56. The molecule has 0 radical (unpaired) electrons. The highest BCUT2D eigenvalue weighted by atomic mass is 35.5. The van der Waals surface area contributed by atoms with Crippen molar-refractivity contribution in [1.82, 2.24) is 9.88 Å². The van der Waals surface area contributed by atoms with E-state index < -0.39 is 0 Å². The Balaban J connectivity index is 1.54. The molecule has 4 rings (SSSR count). The number of aromatic nitrogens is 1. The Hall–Kier alpha value is -1.97. The summed E-state index contributed by atoms with van der Waals surface area (Å²) in [5.74, 6) is 0.139. The summed E-state index contributed by atoms with van der Waals surface area (Å²) in [6.07, 6.45) is 1.25. The molecule has 1 aromatic heterocycles. The third-order valence-corrected chi connectivity index (χ3v) is 5.05. The normalized spacial score (nSPS) is 14.0. The van der Waals surface area contributed by atoms with Crippen LogP contribution in [0.4, 0.5) is 0 Å². The van der Waals surface area contributed by atoms with Gasteiger partial charge in [-0.1, -0.05) is 35.3 Å². The van der Waals surface area contributed by atoms with Gasteiger partial charge in [-0.05, 0) is 47.9 Å². The monoisotopic (exact) mass is 358 g/mol. The van der Waals surface area contributed by atoms with E-state index in [2.05, 4.69) is 4.98 Å². The molecule has 1 amide bonds. The summed E-state index contributed by atoms with van der Waals surface area (Å²) in [7, 11) is 0. The Labute approximate surface area is 150 Å². The first-order valence-corrected chi connectivity index (χ1v) is 8.67. The lowest BCUT2D eigenvalue weighted by Crippen LogP contribution is -2.36. The number of aromatic amines is 1. The van der Waals surface area contributed by atoms with Gasteiger partial charge in [-0.25, -0.2) is 0 Å². The van der Waals surface area contributed by atoms with Gasteiger partial charge in [0, 0.05) is 33.2 Å². The smallest absolute Gasteiger partial charge is 0.227 e. The second-order valence-electron chi connectivity index (χ2n) is 6.14. The predicted molar refractivity (Wildman–Crippen MR) is 97.6 cm³/mol. The highest BCUT2D eigenvalue weighted by Gasteiger charge is 2.24. The highest BCUT2D eigenvalue weighted by Crippen LogP contribution is 2.29. The molecular weight excluding hydrogens is 343 g/mol. The second kappa shape index (κ2) is 6.15. The van der Waals surface area contributed by atoms with E-state index in [0.717, 1.165) is 34.8 Å². The molecular formula is C19H16Cl2N2O. The SMILES string of the molecule is O=C(Cc1ccc(Cl)cc1)N1CCc2c([nH]c3ccc(Cl)cc23)C1. The molecule has 0 saturated carbocycles. The van der Waals surface area contributed by atoms with Gasteiger partial charge in [-0.2, -0.15) is 0 Å². The van der Waals surface area contributed by atoms with E-state index in [9.17, 15) is 4.79 Å². The summed E-state index contributed by atoms with van der Waals surface area (Å²) >= 11 is 12.0. The topological polar surface area (TPSA) is 36.1 Å². The lowest BCUT2D eigenvalue weighted by molar-refractivity contribution is -0.131. The quantitative estimate of drug-likeness (QED) is 0.713. The van der Waals surface area contributed by atoms with Gasteiger partial charge in [-0.15, -0.1) is 0 Å². The number of carbonyl (C=O) groups is 1. The average molecular weight is 359 g/mol. The van der Waals surface area contributed by atoms with Gasteiger partial charge in [0.2, 0.25) is 5.91 Å². The summed E-state index contributed by atoms with van der Waals surface area (Å²) in [6, 6.07) is 13.3. The molecule has 3 nitrogen and oxygen atoms in total. The molecule has 0 bridgehead atoms. The zero-order chi connectivity index (χ0) is 16.7. The van der Waals surface area contributed by atoms with Crippen molar-refractivity contribution in [3.05, 3.63) is 69.3 Å². The van der Waals surface area contributed by atoms with Crippen LogP contribution in [0.25, 0.3) is 10.9 Å². The lowest BCUT2D eigenvalue weighted by atomic mass is 10.0. The van der Waals surface area contributed by atoms with Crippen LogP contribution >= 0.6 is 23.2 Å². The van der Waals surface area contributed by atoms with Crippen molar-refractivity contribution in [2.24, 2.45) is 0 Å². The van der Waals surface area contributed by atoms with Gasteiger partial charge in [0.25, 0.3) is 0 Å². The fourth-order valence-electron chi connectivity index (χ4n) is 3.31. The minimum absolute atomic E-state index is 0.139. The summed E-state index contributed by atoms with van der Waals surface area (Å²) in [5, 5.41) is 2.60. The molecule has 122 valence electrons. The van der Waals surface area contributed by atoms with Gasteiger partial charge in [0.1, 0.15) is 0 Å². The molecule has 2 aromatic carbocycles. The van der Waals surface area contributed by atoms with Gasteiger partial charge in [0.15, 0.2) is 0 Å². The number of nitrogens with one attached hydrogen (secondary N) is 1. The maximum Gasteiger partial charge on any atom is 0.227 e. The molecule has 0 aliphatic carbocycles. The van der Waals surface area contributed by atoms with Crippen molar-refractivity contribution < 1.29 is 4.79 Å². The van der Waals surface area contributed by atoms with Crippen LogP contribution in [0.15, 0.2) is 42.5 Å². The summed E-state index contributed by atoms with van der Waals surface area (Å²) in [6.45, 7) is 1.35. The lowest BCUT2D eigenvalue weighted by Gasteiger charge is -2.27. The van der Waals surface area contributed by atoms with Crippen LogP contribution in [0, 0.1) is 0 Å². The highest BCUT2D eigenvalue weighted by molar-refractivity contribution is 6.31. The van der Waals surface area contributed by atoms with Crippen LogP contribution in [-0.2, 0) is 24.2 Å². The molecule has 2 heterocycles. The molecule has 1 aliphatic rings. The van der Waals surface area contributed by atoms with Gasteiger partial charge in [0.05, 0.1) is 13.0 Å². The molecule has 0 saturated heterocycles. The fraction of sp³-hybridized carbons (Fsp3) is 0.211. The minimum Gasteiger partial charge on any atom is -0.357 e. The van der Waals surface area contributed by atoms with Gasteiger partial charge < -0.3 is 9.88 Å². The Kier molecular flexibility index (Phi) is 3.99. The van der Waals surface area contributed by atoms with Crippen molar-refractivity contribution in [3.63, 3.8) is 0 Å². The van der Waals surface area contributed by atoms with Gasteiger partial charge >= 0.3 is 0 Å². The second-order valence-corrected chi connectivity index (χ2v) is 7.01. The van der Waals surface area contributed by atoms with Crippen molar-refractivity contribution in [2.45, 2.75) is 19.4 Å². The standard InChI is InChI=1S/C19H16Cl2N2O/c20-13-3-1-12(2-4-13)9-19(24)23-8-7-15-16-10-14(21)5-6-17(16)22-18(15)11-23/h1-6,10,22H,7-9,11H2. The molecule has 0 spiro atoms. The van der Waals surface area contributed by atoms with Crippen LogP contribution in [0.1, 0.15) is 16.8 Å². The van der Waals surface area contributed by atoms with Crippen LogP contribution in [0.2, 0.25) is 10.0 Å². The maximum atomic E-state index is 12.6. The van der Waals surface area contributed by atoms with E-state index in [1.54, 1.807) is 0 Å². The number of amides is 1. The Morgan fingerprint density at radius 2 is 1.83 bits per heavy atom. The minimum atomic E-state index is 0.139. The molecule has 1 N–H and O–H groups in total. The molecule has 3 aromatic rings.